The van der Waals surface area contributed by atoms with Crippen molar-refractivity contribution in [2.45, 2.75) is 25.4 Å². The van der Waals surface area contributed by atoms with E-state index in [0.717, 1.165) is 29.4 Å². The molecule has 3 aromatic rings. The van der Waals surface area contributed by atoms with Gasteiger partial charge in [-0.15, -0.1) is 0 Å². The number of aromatic amines is 1. The van der Waals surface area contributed by atoms with Crippen LogP contribution in [0.4, 0.5) is 0 Å². The SMILES string of the molecule is O=C(c1cc2ccccc2[nH]1)N1Cc2ccnn2C(C(=O)N2CCCCO2)C1. The van der Waals surface area contributed by atoms with E-state index < -0.39 is 6.04 Å². The van der Waals surface area contributed by atoms with Gasteiger partial charge in [-0.2, -0.15) is 5.10 Å². The minimum Gasteiger partial charge on any atom is -0.351 e. The molecule has 0 bridgehead atoms. The lowest BCUT2D eigenvalue weighted by molar-refractivity contribution is -0.201. The van der Waals surface area contributed by atoms with Gasteiger partial charge in [0.05, 0.1) is 25.4 Å². The lowest BCUT2D eigenvalue weighted by atomic mass is 10.1. The Morgan fingerprint density at radius 3 is 2.89 bits per heavy atom. The first kappa shape index (κ1) is 17.0. The Hall–Kier alpha value is -3.13. The van der Waals surface area contributed by atoms with Crippen molar-refractivity contribution in [1.82, 2.24) is 24.7 Å². The van der Waals surface area contributed by atoms with Gasteiger partial charge in [-0.05, 0) is 31.0 Å². The van der Waals surface area contributed by atoms with E-state index in [1.54, 1.807) is 15.8 Å². The summed E-state index contributed by atoms with van der Waals surface area (Å²) in [7, 11) is 0. The molecule has 2 aliphatic heterocycles. The maximum absolute atomic E-state index is 13.2. The molecule has 144 valence electrons. The summed E-state index contributed by atoms with van der Waals surface area (Å²) in [5.41, 5.74) is 2.28. The van der Waals surface area contributed by atoms with Gasteiger partial charge < -0.3 is 9.88 Å². The van der Waals surface area contributed by atoms with E-state index in [2.05, 4.69) is 10.1 Å². The van der Waals surface area contributed by atoms with Crippen LogP contribution >= 0.6 is 0 Å². The summed E-state index contributed by atoms with van der Waals surface area (Å²) in [6.45, 7) is 1.80. The van der Waals surface area contributed by atoms with Crippen LogP contribution in [-0.2, 0) is 16.2 Å². The van der Waals surface area contributed by atoms with Crippen LogP contribution in [0.25, 0.3) is 10.9 Å². The molecule has 2 aliphatic rings. The second-order valence-electron chi connectivity index (χ2n) is 7.22. The third-order valence-electron chi connectivity index (χ3n) is 5.37. The molecule has 8 nitrogen and oxygen atoms in total. The van der Waals surface area contributed by atoms with Crippen LogP contribution in [0.1, 0.15) is 35.1 Å². The number of carbonyl (C=O) groups excluding carboxylic acids is 2. The Morgan fingerprint density at radius 2 is 2.07 bits per heavy atom. The summed E-state index contributed by atoms with van der Waals surface area (Å²) in [6, 6.07) is 10.9. The Bertz CT molecular complexity index is 1000. The maximum Gasteiger partial charge on any atom is 0.272 e. The third-order valence-corrected chi connectivity index (χ3v) is 5.37. The average molecular weight is 379 g/mol. The number of hydroxylamine groups is 2. The number of fused-ring (bicyclic) bond motifs is 2. The Morgan fingerprint density at radius 1 is 1.18 bits per heavy atom. The Kier molecular flexibility index (Phi) is 4.12. The molecule has 1 saturated heterocycles. The molecule has 8 heteroatoms. The molecular weight excluding hydrogens is 358 g/mol. The zero-order valence-corrected chi connectivity index (χ0v) is 15.4. The lowest BCUT2D eigenvalue weighted by Gasteiger charge is -2.36. The van der Waals surface area contributed by atoms with Crippen molar-refractivity contribution in [1.29, 1.82) is 0 Å². The summed E-state index contributed by atoms with van der Waals surface area (Å²) in [6.07, 6.45) is 3.54. The van der Waals surface area contributed by atoms with Crippen LogP contribution in [-0.4, -0.2) is 56.2 Å². The molecule has 0 spiro atoms. The third kappa shape index (κ3) is 2.86. The van der Waals surface area contributed by atoms with E-state index in [4.69, 9.17) is 4.84 Å². The highest BCUT2D eigenvalue weighted by Gasteiger charge is 2.37. The van der Waals surface area contributed by atoms with E-state index in [9.17, 15) is 9.59 Å². The standard InChI is InChI=1S/C20H21N5O3/c26-19(17-11-14-5-1-2-6-16(14)22-17)23-12-15-7-8-21-25(15)18(13-23)20(27)24-9-3-4-10-28-24/h1-2,5-8,11,18,22H,3-4,9-10,12-13H2. The highest BCUT2D eigenvalue weighted by atomic mass is 16.7. The number of carbonyl (C=O) groups is 2. The summed E-state index contributed by atoms with van der Waals surface area (Å²) in [5, 5.41) is 6.74. The van der Waals surface area contributed by atoms with Gasteiger partial charge in [0.1, 0.15) is 5.69 Å². The predicted molar refractivity (Wildman–Crippen MR) is 101 cm³/mol. The minimum atomic E-state index is -0.579. The van der Waals surface area contributed by atoms with Crippen LogP contribution < -0.4 is 0 Å². The van der Waals surface area contributed by atoms with Crippen LogP contribution in [0.5, 0.6) is 0 Å². The summed E-state index contributed by atoms with van der Waals surface area (Å²) >= 11 is 0. The quantitative estimate of drug-likeness (QED) is 0.739. The average Bonchev–Trinajstić information content (AvgIpc) is 3.39. The monoisotopic (exact) mass is 379 g/mol. The van der Waals surface area contributed by atoms with Gasteiger partial charge in [-0.25, -0.2) is 5.06 Å². The smallest absolute Gasteiger partial charge is 0.272 e. The van der Waals surface area contributed by atoms with Crippen molar-refractivity contribution in [2.75, 3.05) is 19.7 Å². The molecule has 4 heterocycles. The highest BCUT2D eigenvalue weighted by Crippen LogP contribution is 2.25. The number of hydrogen-bond acceptors (Lipinski definition) is 4. The number of rotatable bonds is 2. The van der Waals surface area contributed by atoms with E-state index in [1.807, 2.05) is 36.4 Å². The topological polar surface area (TPSA) is 83.5 Å². The zero-order valence-electron chi connectivity index (χ0n) is 15.4. The molecule has 2 aromatic heterocycles. The van der Waals surface area contributed by atoms with E-state index in [0.29, 0.717) is 25.4 Å². The van der Waals surface area contributed by atoms with Gasteiger partial charge in [0.25, 0.3) is 11.8 Å². The fourth-order valence-electron chi connectivity index (χ4n) is 3.93. The molecule has 2 amide bonds. The van der Waals surface area contributed by atoms with Crippen molar-refractivity contribution in [2.24, 2.45) is 0 Å². The van der Waals surface area contributed by atoms with Gasteiger partial charge in [-0.3, -0.25) is 19.1 Å². The second kappa shape index (κ2) is 6.79. The Labute approximate surface area is 161 Å². The van der Waals surface area contributed by atoms with Crippen molar-refractivity contribution < 1.29 is 14.4 Å². The molecule has 28 heavy (non-hydrogen) atoms. The molecule has 1 unspecified atom stereocenters. The fourth-order valence-corrected chi connectivity index (χ4v) is 3.93. The highest BCUT2D eigenvalue weighted by molar-refractivity contribution is 5.98. The number of benzene rings is 1. The van der Waals surface area contributed by atoms with Gasteiger partial charge in [0, 0.05) is 23.6 Å². The number of hydrogen-bond donors (Lipinski definition) is 1. The molecule has 1 atom stereocenters. The van der Waals surface area contributed by atoms with Gasteiger partial charge >= 0.3 is 0 Å². The maximum atomic E-state index is 13.2. The molecule has 1 N–H and O–H groups in total. The van der Waals surface area contributed by atoms with E-state index >= 15 is 0 Å². The summed E-state index contributed by atoms with van der Waals surface area (Å²) in [4.78, 5) is 36.6. The van der Waals surface area contributed by atoms with Gasteiger partial charge in [0.15, 0.2) is 6.04 Å². The van der Waals surface area contributed by atoms with E-state index in [1.165, 1.54) is 5.06 Å². The first-order valence-corrected chi connectivity index (χ1v) is 9.54. The number of aromatic nitrogens is 3. The fraction of sp³-hybridized carbons (Fsp3) is 0.350. The molecule has 0 radical (unpaired) electrons. The number of nitrogens with zero attached hydrogens (tertiary/aromatic N) is 4. The number of nitrogens with one attached hydrogen (secondary N) is 1. The predicted octanol–water partition coefficient (Wildman–Crippen LogP) is 2.12. The molecule has 1 fully saturated rings. The summed E-state index contributed by atoms with van der Waals surface area (Å²) in [5.74, 6) is -0.278. The van der Waals surface area contributed by atoms with E-state index in [-0.39, 0.29) is 18.4 Å². The van der Waals surface area contributed by atoms with Crippen molar-refractivity contribution >= 4 is 22.7 Å². The van der Waals surface area contributed by atoms with Gasteiger partial charge in [0.2, 0.25) is 0 Å². The Balaban J connectivity index is 1.43. The normalized spacial score (nSPS) is 19.6. The second-order valence-corrected chi connectivity index (χ2v) is 7.22. The number of para-hydroxylation sites is 1. The van der Waals surface area contributed by atoms with Crippen LogP contribution in [0.15, 0.2) is 42.6 Å². The molecule has 1 aromatic carbocycles. The zero-order chi connectivity index (χ0) is 19.1. The molecule has 0 saturated carbocycles. The summed E-state index contributed by atoms with van der Waals surface area (Å²) < 4.78 is 1.72. The van der Waals surface area contributed by atoms with Crippen LogP contribution in [0, 0.1) is 0 Å². The van der Waals surface area contributed by atoms with Crippen molar-refractivity contribution in [3.05, 3.63) is 54.0 Å². The minimum absolute atomic E-state index is 0.124. The number of H-pyrrole nitrogens is 1. The molecular formula is C20H21N5O3. The molecule has 5 rings (SSSR count). The first-order chi connectivity index (χ1) is 13.7. The van der Waals surface area contributed by atoms with Crippen molar-refractivity contribution in [3.8, 4) is 0 Å². The first-order valence-electron chi connectivity index (χ1n) is 9.54. The number of amides is 2. The lowest BCUT2D eigenvalue weighted by Crippen LogP contribution is -2.49. The van der Waals surface area contributed by atoms with Crippen LogP contribution in [0.2, 0.25) is 0 Å². The van der Waals surface area contributed by atoms with Gasteiger partial charge in [-0.1, -0.05) is 18.2 Å². The largest absolute Gasteiger partial charge is 0.351 e. The van der Waals surface area contributed by atoms with Crippen molar-refractivity contribution in [3.63, 3.8) is 0 Å². The van der Waals surface area contributed by atoms with Crippen LogP contribution in [0.3, 0.4) is 0 Å². The molecule has 0 aliphatic carbocycles.